The third kappa shape index (κ3) is 20.8. The van der Waals surface area contributed by atoms with Crippen LogP contribution in [0, 0.1) is 0 Å². The Morgan fingerprint density at radius 1 is 0.800 bits per heavy atom. The molecule has 0 spiro atoms. The molecule has 0 fully saturated rings. The third-order valence-electron chi connectivity index (χ3n) is 0. The minimum absolute atomic E-state index is 0. The van der Waals surface area contributed by atoms with Crippen LogP contribution in [0.25, 0.3) is 0 Å². The Morgan fingerprint density at radius 2 is 0.800 bits per heavy atom. The average Bonchev–Trinajstić information content (AvgIpc) is 0. The maximum atomic E-state index is 0. The fourth-order valence-corrected chi connectivity index (χ4v) is 0. The monoisotopic (exact) mass is 160 g/mol. The normalized spacial score (nSPS) is 0. The molecule has 0 aromatic rings. The van der Waals surface area contributed by atoms with Gasteiger partial charge >= 0.3 is 80.3 Å². The van der Waals surface area contributed by atoms with Crippen LogP contribution in [-0.4, -0.2) is 60.8 Å². The predicted molar refractivity (Wildman–Crippen MR) is 12.9 cm³/mol. The van der Waals surface area contributed by atoms with Crippen LogP contribution in [0.15, 0.2) is 0 Å². The van der Waals surface area contributed by atoms with Crippen molar-refractivity contribution in [3.63, 3.8) is 0 Å². The molecule has 0 N–H and O–H groups in total. The number of hydrogen-bond donors (Lipinski definition) is 0. The van der Waals surface area contributed by atoms with Gasteiger partial charge in [0.15, 0.2) is 0 Å². The van der Waals surface area contributed by atoms with E-state index in [1.807, 2.05) is 0 Å². The Balaban J connectivity index is 0. The molecule has 0 saturated heterocycles. The zero-order valence-electron chi connectivity index (χ0n) is 2.94. The van der Waals surface area contributed by atoms with Gasteiger partial charge in [0, 0.05) is 0 Å². The van der Waals surface area contributed by atoms with Crippen LogP contribution in [0.2, 0.25) is 0 Å². The summed E-state index contributed by atoms with van der Waals surface area (Å²) in [5.74, 6) is 0. The van der Waals surface area contributed by atoms with Gasteiger partial charge in [0.1, 0.15) is 0 Å². The van der Waals surface area contributed by atoms with Gasteiger partial charge in [-0.15, -0.1) is 0 Å². The van der Waals surface area contributed by atoms with Crippen LogP contribution in [0.5, 0.6) is 0 Å². The fourth-order valence-electron chi connectivity index (χ4n) is 0. The van der Waals surface area contributed by atoms with Crippen molar-refractivity contribution in [2.24, 2.45) is 0 Å². The Morgan fingerprint density at radius 3 is 0.800 bits per heavy atom. The first-order valence-electron chi connectivity index (χ1n) is 0. The molecular weight excluding hydrogens is 162 g/mol. The van der Waals surface area contributed by atoms with Gasteiger partial charge in [0.2, 0.25) is 0 Å². The molecule has 0 amide bonds. The summed E-state index contributed by atoms with van der Waals surface area (Å²) in [5, 5.41) is 0. The van der Waals surface area contributed by atoms with Gasteiger partial charge in [-0.2, -0.15) is 0 Å². The first-order chi connectivity index (χ1) is 0. The Labute approximate surface area is 89.6 Å². The van der Waals surface area contributed by atoms with Crippen molar-refractivity contribution in [1.82, 2.24) is 0 Å². The van der Waals surface area contributed by atoms with Gasteiger partial charge in [-0.25, -0.2) is 0 Å². The molecule has 5 heteroatoms. The predicted octanol–water partition coefficient (Wildman–Crippen LogP) is -1.00. The quantitative estimate of drug-likeness (QED) is 0.410. The number of hydrogen-bond acceptors (Lipinski definition) is 0. The van der Waals surface area contributed by atoms with Gasteiger partial charge in [-0.1, -0.05) is 0 Å². The van der Waals surface area contributed by atoms with E-state index in [0.717, 1.165) is 0 Å². The molecule has 0 radical (unpaired) electrons. The van der Waals surface area contributed by atoms with Crippen LogP contribution in [0.4, 0.5) is 0 Å². The molecule has 0 atom stereocenters. The van der Waals surface area contributed by atoms with Crippen LogP contribution in [0.1, 0.15) is 0 Å². The van der Waals surface area contributed by atoms with Gasteiger partial charge in [0.05, 0.1) is 0 Å². The van der Waals surface area contributed by atoms with Gasteiger partial charge in [-0.05, 0) is 0 Å². The van der Waals surface area contributed by atoms with Gasteiger partial charge < -0.3 is 11.0 Å². The summed E-state index contributed by atoms with van der Waals surface area (Å²) in [4.78, 5) is 0. The van der Waals surface area contributed by atoms with Crippen molar-refractivity contribution in [1.29, 1.82) is 0 Å². The largest absolute Gasteiger partial charge is 2.00 e. The summed E-state index contributed by atoms with van der Waals surface area (Å²) in [6.45, 7) is 0. The zero-order valence-corrected chi connectivity index (χ0v) is 9.53. The molecule has 16 valence electrons. The summed E-state index contributed by atoms with van der Waals surface area (Å²) < 4.78 is 0. The average molecular weight is 162 g/mol. The first kappa shape index (κ1) is 49.5. The van der Waals surface area contributed by atoms with E-state index < -0.39 is 0 Å². The molecule has 0 aliphatic rings. The molecule has 0 saturated carbocycles. The van der Waals surface area contributed by atoms with E-state index in [0.29, 0.717) is 0 Å². The summed E-state index contributed by atoms with van der Waals surface area (Å²) in [6.07, 6.45) is 0. The van der Waals surface area contributed by atoms with E-state index in [2.05, 4.69) is 0 Å². The molecule has 0 aromatic carbocycles. The molecule has 0 rings (SSSR count). The van der Waals surface area contributed by atoms with Crippen molar-refractivity contribution in [2.75, 3.05) is 0 Å². The van der Waals surface area contributed by atoms with Crippen molar-refractivity contribution in [3.05, 3.63) is 0 Å². The van der Waals surface area contributed by atoms with Crippen molar-refractivity contribution < 1.29 is 30.4 Å². The Bertz CT molecular complexity index is 9.61. The van der Waals surface area contributed by atoms with Gasteiger partial charge in [0.25, 0.3) is 0 Å². The van der Waals surface area contributed by atoms with Crippen LogP contribution in [0.3, 0.4) is 0 Å². The SMILES string of the molecule is [Ca+2].[Mg+2].[O-2].[O-2].[Zn+2]. The second kappa shape index (κ2) is 30.9. The smallest absolute Gasteiger partial charge is 2.00 e. The minimum atomic E-state index is 0. The van der Waals surface area contributed by atoms with Crippen LogP contribution < -0.4 is 0 Å². The topological polar surface area (TPSA) is 57.0 Å². The Kier molecular flexibility index (Phi) is 305. The second-order valence-corrected chi connectivity index (χ2v) is 0. The maximum Gasteiger partial charge on any atom is 2.00 e. The molecule has 0 aliphatic carbocycles. The molecule has 0 aromatic heterocycles. The van der Waals surface area contributed by atoms with E-state index in [1.54, 1.807) is 0 Å². The molecule has 0 aliphatic heterocycles. The van der Waals surface area contributed by atoms with E-state index in [9.17, 15) is 0 Å². The molecular formula is CaMgO2Zn+2. The summed E-state index contributed by atoms with van der Waals surface area (Å²) in [6, 6.07) is 0. The van der Waals surface area contributed by atoms with E-state index >= 15 is 0 Å². The van der Waals surface area contributed by atoms with E-state index in [-0.39, 0.29) is 91.2 Å². The molecule has 2 nitrogen and oxygen atoms in total. The van der Waals surface area contributed by atoms with Crippen molar-refractivity contribution in [2.45, 2.75) is 0 Å². The van der Waals surface area contributed by atoms with Gasteiger partial charge in [-0.3, -0.25) is 0 Å². The maximum absolute atomic E-state index is 0. The molecule has 0 bridgehead atoms. The summed E-state index contributed by atoms with van der Waals surface area (Å²) in [5.41, 5.74) is 0. The second-order valence-electron chi connectivity index (χ2n) is 0. The minimum Gasteiger partial charge on any atom is -2.00 e. The molecule has 5 heavy (non-hydrogen) atoms. The van der Waals surface area contributed by atoms with Crippen LogP contribution >= 0.6 is 0 Å². The number of rotatable bonds is 0. The molecule has 0 unspecified atom stereocenters. The van der Waals surface area contributed by atoms with E-state index in [1.165, 1.54) is 0 Å². The van der Waals surface area contributed by atoms with E-state index in [4.69, 9.17) is 0 Å². The summed E-state index contributed by atoms with van der Waals surface area (Å²) >= 11 is 0. The Hall–Kier alpha value is 2.57. The van der Waals surface area contributed by atoms with Crippen molar-refractivity contribution >= 4 is 60.8 Å². The summed E-state index contributed by atoms with van der Waals surface area (Å²) in [7, 11) is 0. The zero-order chi connectivity index (χ0) is 0. The molecule has 0 heterocycles. The van der Waals surface area contributed by atoms with Crippen LogP contribution in [-0.2, 0) is 30.4 Å². The van der Waals surface area contributed by atoms with Crippen molar-refractivity contribution in [3.8, 4) is 0 Å². The fraction of sp³-hybridized carbons (Fsp3) is 0. The first-order valence-corrected chi connectivity index (χ1v) is 0. The third-order valence-corrected chi connectivity index (χ3v) is 0. The standard InChI is InChI=1S/Ca.Mg.2O.Zn/q2*+2;2*-2;+2.